The van der Waals surface area contributed by atoms with E-state index in [-0.39, 0.29) is 22.0 Å². The molecule has 1 amide bonds. The summed E-state index contributed by atoms with van der Waals surface area (Å²) in [6, 6.07) is 2.79. The van der Waals surface area contributed by atoms with Gasteiger partial charge in [0.25, 0.3) is 5.91 Å². The zero-order chi connectivity index (χ0) is 21.7. The van der Waals surface area contributed by atoms with Gasteiger partial charge >= 0.3 is 0 Å². The summed E-state index contributed by atoms with van der Waals surface area (Å²) in [4.78, 5) is 15.2. The Kier molecular flexibility index (Phi) is 7.60. The van der Waals surface area contributed by atoms with Crippen LogP contribution >= 0.6 is 0 Å². The van der Waals surface area contributed by atoms with Crippen molar-refractivity contribution in [1.29, 1.82) is 0 Å². The van der Waals surface area contributed by atoms with E-state index in [9.17, 15) is 13.2 Å². The lowest BCUT2D eigenvalue weighted by Crippen LogP contribution is -2.42. The van der Waals surface area contributed by atoms with Gasteiger partial charge in [-0.25, -0.2) is 13.6 Å². The first-order valence-electron chi connectivity index (χ1n) is 10.6. The number of ether oxygens (including phenoxy) is 2. The van der Waals surface area contributed by atoms with E-state index in [4.69, 9.17) is 14.6 Å². The van der Waals surface area contributed by atoms with E-state index < -0.39 is 15.9 Å². The fourth-order valence-corrected chi connectivity index (χ4v) is 5.20. The summed E-state index contributed by atoms with van der Waals surface area (Å²) in [6.45, 7) is 2.67. The van der Waals surface area contributed by atoms with Crippen LogP contribution in [0.5, 0.6) is 11.5 Å². The highest BCUT2D eigenvalue weighted by Crippen LogP contribution is 2.34. The fraction of sp³-hybridized carbons (Fsp3) is 0.667. The fourth-order valence-electron chi connectivity index (χ4n) is 4.65. The standard InChI is InChI=1S/C21H33N3O5S/c1-28-19-12-17(30(22,26)27)11-18(20(19)29-2)21(25)23-13-16-9-6-10-24(16)14-15-7-4-3-5-8-15/h11-12,15-16H,3-10,13-14H2,1-2H3,(H,23,25)(H2,22,26,27). The molecule has 9 heteroatoms. The zero-order valence-corrected chi connectivity index (χ0v) is 18.7. The highest BCUT2D eigenvalue weighted by molar-refractivity contribution is 7.89. The first-order valence-corrected chi connectivity index (χ1v) is 12.2. The Morgan fingerprint density at radius 1 is 1.13 bits per heavy atom. The van der Waals surface area contributed by atoms with Gasteiger partial charge in [0.2, 0.25) is 10.0 Å². The number of carbonyl (C=O) groups excluding carboxylic acids is 1. The van der Waals surface area contributed by atoms with Crippen molar-refractivity contribution >= 4 is 15.9 Å². The lowest BCUT2D eigenvalue weighted by atomic mass is 9.89. The van der Waals surface area contributed by atoms with Crippen LogP contribution in [0, 0.1) is 5.92 Å². The number of hydrogen-bond acceptors (Lipinski definition) is 6. The maximum atomic E-state index is 12.9. The van der Waals surface area contributed by atoms with Crippen molar-refractivity contribution in [3.05, 3.63) is 17.7 Å². The molecule has 168 valence electrons. The summed E-state index contributed by atoms with van der Waals surface area (Å²) in [6.07, 6.45) is 8.76. The van der Waals surface area contributed by atoms with Gasteiger partial charge in [0.15, 0.2) is 11.5 Å². The Balaban J connectivity index is 1.70. The van der Waals surface area contributed by atoms with Crippen LogP contribution in [0.25, 0.3) is 0 Å². The molecule has 0 bridgehead atoms. The summed E-state index contributed by atoms with van der Waals surface area (Å²) in [5.41, 5.74) is 0.0951. The van der Waals surface area contributed by atoms with Crippen LogP contribution in [0.4, 0.5) is 0 Å². The molecule has 2 fully saturated rings. The highest BCUT2D eigenvalue weighted by atomic mass is 32.2. The van der Waals surface area contributed by atoms with Crippen molar-refractivity contribution in [3.8, 4) is 11.5 Å². The smallest absolute Gasteiger partial charge is 0.255 e. The molecule has 1 atom stereocenters. The molecule has 1 saturated carbocycles. The molecule has 30 heavy (non-hydrogen) atoms. The summed E-state index contributed by atoms with van der Waals surface area (Å²) in [7, 11) is -1.20. The number of nitrogens with zero attached hydrogens (tertiary/aromatic N) is 1. The first-order chi connectivity index (χ1) is 14.3. The van der Waals surface area contributed by atoms with Crippen molar-refractivity contribution < 1.29 is 22.7 Å². The Morgan fingerprint density at radius 3 is 2.50 bits per heavy atom. The van der Waals surface area contributed by atoms with Crippen molar-refractivity contribution in [1.82, 2.24) is 10.2 Å². The summed E-state index contributed by atoms with van der Waals surface area (Å²) >= 11 is 0. The van der Waals surface area contributed by atoms with Crippen LogP contribution in [0.2, 0.25) is 0 Å². The second-order valence-corrected chi connectivity index (χ2v) is 9.82. The number of likely N-dealkylation sites (tertiary alicyclic amines) is 1. The van der Waals surface area contributed by atoms with Crippen molar-refractivity contribution in [3.63, 3.8) is 0 Å². The number of amides is 1. The molecule has 0 radical (unpaired) electrons. The van der Waals surface area contributed by atoms with Gasteiger partial charge in [-0.3, -0.25) is 9.69 Å². The summed E-state index contributed by atoms with van der Waals surface area (Å²) < 4.78 is 34.2. The third kappa shape index (κ3) is 5.44. The molecule has 1 saturated heterocycles. The molecule has 2 aliphatic rings. The third-order valence-corrected chi connectivity index (χ3v) is 7.13. The van der Waals surface area contributed by atoms with Gasteiger partial charge in [-0.1, -0.05) is 19.3 Å². The van der Waals surface area contributed by atoms with E-state index in [0.717, 1.165) is 31.8 Å². The Labute approximate surface area is 179 Å². The lowest BCUT2D eigenvalue weighted by Gasteiger charge is -2.31. The average Bonchev–Trinajstić information content (AvgIpc) is 3.17. The molecular weight excluding hydrogens is 406 g/mol. The topological polar surface area (TPSA) is 111 Å². The number of benzene rings is 1. The molecule has 0 spiro atoms. The van der Waals surface area contributed by atoms with Crippen LogP contribution in [-0.2, 0) is 10.0 Å². The van der Waals surface area contributed by atoms with E-state index in [0.29, 0.717) is 12.6 Å². The van der Waals surface area contributed by atoms with Crippen LogP contribution in [0.1, 0.15) is 55.3 Å². The third-order valence-electron chi connectivity index (χ3n) is 6.24. The molecule has 1 aliphatic carbocycles. The maximum Gasteiger partial charge on any atom is 0.255 e. The molecule has 0 aromatic heterocycles. The lowest BCUT2D eigenvalue weighted by molar-refractivity contribution is 0.0932. The second kappa shape index (κ2) is 9.98. The second-order valence-electron chi connectivity index (χ2n) is 8.26. The largest absolute Gasteiger partial charge is 0.493 e. The number of nitrogens with one attached hydrogen (secondary N) is 1. The number of primary sulfonamides is 1. The Hall–Kier alpha value is -1.84. The monoisotopic (exact) mass is 439 g/mol. The van der Waals surface area contributed by atoms with Crippen LogP contribution < -0.4 is 19.9 Å². The number of rotatable bonds is 8. The molecule has 1 aliphatic heterocycles. The van der Waals surface area contributed by atoms with Gasteiger partial charge < -0.3 is 14.8 Å². The normalized spacial score (nSPS) is 20.8. The van der Waals surface area contributed by atoms with Gasteiger partial charge in [0.05, 0.1) is 24.7 Å². The van der Waals surface area contributed by atoms with E-state index in [2.05, 4.69) is 10.2 Å². The van der Waals surface area contributed by atoms with Crippen LogP contribution in [0.15, 0.2) is 17.0 Å². The minimum Gasteiger partial charge on any atom is -0.493 e. The molecule has 8 nitrogen and oxygen atoms in total. The molecule has 1 aromatic carbocycles. The Morgan fingerprint density at radius 2 is 1.87 bits per heavy atom. The molecule has 3 rings (SSSR count). The van der Waals surface area contributed by atoms with E-state index in [1.807, 2.05) is 0 Å². The van der Waals surface area contributed by atoms with Crippen molar-refractivity contribution in [2.45, 2.75) is 55.9 Å². The van der Waals surface area contributed by atoms with Crippen molar-refractivity contribution in [2.75, 3.05) is 33.9 Å². The number of carbonyl (C=O) groups is 1. The zero-order valence-electron chi connectivity index (χ0n) is 17.9. The SMILES string of the molecule is COc1cc(S(N)(=O)=O)cc(C(=O)NCC2CCCN2CC2CCCCC2)c1OC. The van der Waals surface area contributed by atoms with E-state index in [1.165, 1.54) is 58.5 Å². The molecule has 1 unspecified atom stereocenters. The van der Waals surface area contributed by atoms with Gasteiger partial charge in [-0.05, 0) is 44.2 Å². The van der Waals surface area contributed by atoms with Gasteiger partial charge in [-0.15, -0.1) is 0 Å². The number of hydrogen-bond donors (Lipinski definition) is 2. The highest BCUT2D eigenvalue weighted by Gasteiger charge is 2.29. The predicted molar refractivity (Wildman–Crippen MR) is 114 cm³/mol. The van der Waals surface area contributed by atoms with E-state index in [1.54, 1.807) is 0 Å². The number of methoxy groups -OCH3 is 2. The van der Waals surface area contributed by atoms with Gasteiger partial charge in [0, 0.05) is 25.2 Å². The molecule has 1 aromatic rings. The number of sulfonamides is 1. The molecule has 3 N–H and O–H groups in total. The van der Waals surface area contributed by atoms with Crippen LogP contribution in [-0.4, -0.2) is 59.1 Å². The predicted octanol–water partition coefficient (Wildman–Crippen LogP) is 2.13. The van der Waals surface area contributed by atoms with E-state index >= 15 is 0 Å². The minimum absolute atomic E-state index is 0.0951. The maximum absolute atomic E-state index is 12.9. The van der Waals surface area contributed by atoms with Crippen molar-refractivity contribution in [2.24, 2.45) is 11.1 Å². The quantitative estimate of drug-likeness (QED) is 0.642. The summed E-state index contributed by atoms with van der Waals surface area (Å²) in [5.74, 6) is 0.688. The van der Waals surface area contributed by atoms with Gasteiger partial charge in [-0.2, -0.15) is 0 Å². The average molecular weight is 440 g/mol. The molecule has 1 heterocycles. The first kappa shape index (κ1) is 22.8. The van der Waals surface area contributed by atoms with Gasteiger partial charge in [0.1, 0.15) is 0 Å². The summed E-state index contributed by atoms with van der Waals surface area (Å²) in [5, 5.41) is 8.22. The minimum atomic E-state index is -4.00. The van der Waals surface area contributed by atoms with Crippen LogP contribution in [0.3, 0.4) is 0 Å². The Bertz CT molecular complexity index is 852. The molecular formula is C21H33N3O5S. The number of nitrogens with two attached hydrogens (primary N) is 1.